The summed E-state index contributed by atoms with van der Waals surface area (Å²) in [6.45, 7) is 6.88. The molecular weight excluding hydrogens is 356 g/mol. The molecule has 4 rings (SSSR count). The highest BCUT2D eigenvalue weighted by atomic mass is 35.5. The van der Waals surface area contributed by atoms with Crippen LogP contribution in [0.4, 0.5) is 4.79 Å². The van der Waals surface area contributed by atoms with Crippen molar-refractivity contribution in [3.8, 4) is 0 Å². The molecule has 1 aliphatic carbocycles. The second kappa shape index (κ2) is 6.39. The number of amides is 1. The Morgan fingerprint density at radius 2 is 2.08 bits per heavy atom. The number of carbonyl (C=O) groups excluding carboxylic acids is 1. The Hall–Kier alpha value is -1.86. The summed E-state index contributed by atoms with van der Waals surface area (Å²) < 4.78 is 12.7. The fourth-order valence-electron chi connectivity index (χ4n) is 3.11. The third-order valence-corrected chi connectivity index (χ3v) is 4.79. The Kier molecular flexibility index (Phi) is 4.31. The molecule has 0 N–H and O–H groups in total. The highest BCUT2D eigenvalue weighted by Gasteiger charge is 2.34. The molecule has 1 aliphatic heterocycles. The van der Waals surface area contributed by atoms with Crippen LogP contribution in [0.5, 0.6) is 0 Å². The van der Waals surface area contributed by atoms with Gasteiger partial charge in [0.1, 0.15) is 16.8 Å². The van der Waals surface area contributed by atoms with Gasteiger partial charge in [0.05, 0.1) is 18.9 Å². The SMILES string of the molecule is CC(C)(C)OC(=O)N1CCOCC1c1cc2nc(C3CC3)cc(Cl)n2n1. The molecule has 140 valence electrons. The van der Waals surface area contributed by atoms with E-state index in [0.29, 0.717) is 42.2 Å². The van der Waals surface area contributed by atoms with Crippen molar-refractivity contribution >= 4 is 23.3 Å². The fourth-order valence-corrected chi connectivity index (χ4v) is 3.35. The molecule has 1 saturated carbocycles. The smallest absolute Gasteiger partial charge is 0.411 e. The maximum Gasteiger partial charge on any atom is 0.411 e. The number of halogens is 1. The van der Waals surface area contributed by atoms with Crippen LogP contribution in [-0.4, -0.2) is 51.0 Å². The molecule has 0 spiro atoms. The van der Waals surface area contributed by atoms with Crippen LogP contribution >= 0.6 is 11.6 Å². The van der Waals surface area contributed by atoms with E-state index in [4.69, 9.17) is 21.1 Å². The molecule has 1 atom stereocenters. The van der Waals surface area contributed by atoms with Crippen molar-refractivity contribution in [1.29, 1.82) is 0 Å². The van der Waals surface area contributed by atoms with Crippen molar-refractivity contribution in [2.45, 2.75) is 51.2 Å². The van der Waals surface area contributed by atoms with Crippen molar-refractivity contribution in [3.05, 3.63) is 28.7 Å². The maximum absolute atomic E-state index is 12.6. The minimum absolute atomic E-state index is 0.319. The molecule has 0 bridgehead atoms. The standard InChI is InChI=1S/C18H23ClN4O3/c1-18(2,3)26-17(24)22-6-7-25-10-14(22)13-9-16-20-12(11-4-5-11)8-15(19)23(16)21-13/h8-9,11,14H,4-7,10H2,1-3H3. The molecule has 3 heterocycles. The number of fused-ring (bicyclic) bond motifs is 1. The van der Waals surface area contributed by atoms with Crippen molar-refractivity contribution in [2.75, 3.05) is 19.8 Å². The molecule has 7 nitrogen and oxygen atoms in total. The van der Waals surface area contributed by atoms with E-state index in [1.54, 1.807) is 9.42 Å². The molecule has 2 aliphatic rings. The van der Waals surface area contributed by atoms with E-state index in [2.05, 4.69) is 10.1 Å². The Labute approximate surface area is 157 Å². The second-order valence-electron chi connectivity index (χ2n) is 7.88. The summed E-state index contributed by atoms with van der Waals surface area (Å²) in [4.78, 5) is 19.0. The molecule has 26 heavy (non-hydrogen) atoms. The van der Waals surface area contributed by atoms with Crippen LogP contribution in [-0.2, 0) is 9.47 Å². The van der Waals surface area contributed by atoms with Crippen molar-refractivity contribution in [1.82, 2.24) is 19.5 Å². The van der Waals surface area contributed by atoms with Gasteiger partial charge in [0.15, 0.2) is 5.65 Å². The predicted octanol–water partition coefficient (Wildman–Crippen LogP) is 3.57. The monoisotopic (exact) mass is 378 g/mol. The number of rotatable bonds is 2. The molecule has 1 amide bonds. The molecule has 0 aromatic carbocycles. The molecule has 1 unspecified atom stereocenters. The van der Waals surface area contributed by atoms with Gasteiger partial charge in [-0.15, -0.1) is 0 Å². The lowest BCUT2D eigenvalue weighted by atomic mass is 10.1. The highest BCUT2D eigenvalue weighted by Crippen LogP contribution is 2.40. The molecule has 8 heteroatoms. The van der Waals surface area contributed by atoms with Crippen LogP contribution in [0, 0.1) is 0 Å². The van der Waals surface area contributed by atoms with Crippen LogP contribution in [0.3, 0.4) is 0 Å². The second-order valence-corrected chi connectivity index (χ2v) is 8.27. The predicted molar refractivity (Wildman–Crippen MR) is 96.5 cm³/mol. The first-order valence-corrected chi connectivity index (χ1v) is 9.33. The fraction of sp³-hybridized carbons (Fsp3) is 0.611. The number of hydrogen-bond donors (Lipinski definition) is 0. The number of ether oxygens (including phenoxy) is 2. The third kappa shape index (κ3) is 3.50. The summed E-state index contributed by atoms with van der Waals surface area (Å²) in [5.41, 5.74) is 1.86. The molecule has 0 radical (unpaired) electrons. The van der Waals surface area contributed by atoms with Gasteiger partial charge in [-0.25, -0.2) is 14.3 Å². The van der Waals surface area contributed by atoms with Gasteiger partial charge < -0.3 is 9.47 Å². The zero-order valence-electron chi connectivity index (χ0n) is 15.2. The molecule has 2 fully saturated rings. The maximum atomic E-state index is 12.6. The summed E-state index contributed by atoms with van der Waals surface area (Å²) in [7, 11) is 0. The number of nitrogens with zero attached hydrogens (tertiary/aromatic N) is 4. The topological polar surface area (TPSA) is 69.0 Å². The lowest BCUT2D eigenvalue weighted by molar-refractivity contribution is -0.0341. The molecule has 2 aromatic heterocycles. The average molecular weight is 379 g/mol. The largest absolute Gasteiger partial charge is 0.444 e. The molecular formula is C18H23ClN4O3. The van der Waals surface area contributed by atoms with Gasteiger partial charge in [-0.05, 0) is 39.7 Å². The Balaban J connectivity index is 1.65. The average Bonchev–Trinajstić information content (AvgIpc) is 3.32. The van der Waals surface area contributed by atoms with Crippen LogP contribution in [0.2, 0.25) is 5.15 Å². The first kappa shape index (κ1) is 17.5. The van der Waals surface area contributed by atoms with Gasteiger partial charge in [0.2, 0.25) is 0 Å². The number of hydrogen-bond acceptors (Lipinski definition) is 5. The van der Waals surface area contributed by atoms with E-state index >= 15 is 0 Å². The summed E-state index contributed by atoms with van der Waals surface area (Å²) in [6.07, 6.45) is 1.95. The van der Waals surface area contributed by atoms with E-state index in [1.165, 1.54) is 0 Å². The molecule has 2 aromatic rings. The number of carbonyl (C=O) groups is 1. The van der Waals surface area contributed by atoms with E-state index < -0.39 is 5.60 Å². The van der Waals surface area contributed by atoms with E-state index in [-0.39, 0.29) is 12.1 Å². The quantitative estimate of drug-likeness (QED) is 0.747. The first-order chi connectivity index (χ1) is 12.3. The number of aromatic nitrogens is 3. The van der Waals surface area contributed by atoms with Crippen molar-refractivity contribution in [2.24, 2.45) is 0 Å². The van der Waals surface area contributed by atoms with Gasteiger partial charge in [0, 0.05) is 24.2 Å². The van der Waals surface area contributed by atoms with E-state index in [0.717, 1.165) is 18.5 Å². The van der Waals surface area contributed by atoms with Crippen molar-refractivity contribution < 1.29 is 14.3 Å². The summed E-state index contributed by atoms with van der Waals surface area (Å²) >= 11 is 6.40. The van der Waals surface area contributed by atoms with Gasteiger partial charge in [-0.3, -0.25) is 4.90 Å². The van der Waals surface area contributed by atoms with Crippen molar-refractivity contribution in [3.63, 3.8) is 0 Å². The minimum Gasteiger partial charge on any atom is -0.444 e. The first-order valence-electron chi connectivity index (χ1n) is 8.95. The Morgan fingerprint density at radius 3 is 2.77 bits per heavy atom. The number of morpholine rings is 1. The van der Waals surface area contributed by atoms with Crippen LogP contribution < -0.4 is 0 Å². The lowest BCUT2D eigenvalue weighted by Crippen LogP contribution is -2.45. The van der Waals surface area contributed by atoms with Gasteiger partial charge in [-0.2, -0.15) is 5.10 Å². The van der Waals surface area contributed by atoms with Crippen LogP contribution in [0.25, 0.3) is 5.65 Å². The summed E-state index contributed by atoms with van der Waals surface area (Å²) in [6, 6.07) is 3.45. The lowest BCUT2D eigenvalue weighted by Gasteiger charge is -2.35. The zero-order chi connectivity index (χ0) is 18.5. The van der Waals surface area contributed by atoms with Gasteiger partial charge in [-0.1, -0.05) is 11.6 Å². The van der Waals surface area contributed by atoms with Crippen LogP contribution in [0.1, 0.15) is 57.0 Å². The zero-order valence-corrected chi connectivity index (χ0v) is 16.0. The Morgan fingerprint density at radius 1 is 1.31 bits per heavy atom. The normalized spacial score (nSPS) is 21.2. The van der Waals surface area contributed by atoms with E-state index in [1.807, 2.05) is 32.9 Å². The Bertz CT molecular complexity index is 841. The summed E-state index contributed by atoms with van der Waals surface area (Å²) in [5.74, 6) is 0.507. The minimum atomic E-state index is -0.553. The van der Waals surface area contributed by atoms with E-state index in [9.17, 15) is 4.79 Å². The molecule has 1 saturated heterocycles. The van der Waals surface area contributed by atoms with Gasteiger partial charge >= 0.3 is 6.09 Å². The third-order valence-electron chi connectivity index (χ3n) is 4.52. The summed E-state index contributed by atoms with van der Waals surface area (Å²) in [5, 5.41) is 5.11. The highest BCUT2D eigenvalue weighted by molar-refractivity contribution is 6.29. The van der Waals surface area contributed by atoms with Gasteiger partial charge in [0.25, 0.3) is 0 Å². The van der Waals surface area contributed by atoms with Crippen LogP contribution in [0.15, 0.2) is 12.1 Å².